The van der Waals surface area contributed by atoms with Crippen LogP contribution in [-0.4, -0.2) is 12.0 Å². The van der Waals surface area contributed by atoms with Gasteiger partial charge >= 0.3 is 0 Å². The quantitative estimate of drug-likeness (QED) is 0.628. The Kier molecular flexibility index (Phi) is 5.30. The van der Waals surface area contributed by atoms with E-state index in [-0.39, 0.29) is 5.69 Å². The number of anilines is 1. The van der Waals surface area contributed by atoms with Crippen molar-refractivity contribution >= 4 is 27.3 Å². The molecule has 0 aliphatic rings. The maximum absolute atomic E-state index is 11.0. The van der Waals surface area contributed by atoms with Crippen LogP contribution in [0.25, 0.3) is 0 Å². The van der Waals surface area contributed by atoms with Crippen LogP contribution in [0.4, 0.5) is 11.4 Å². The minimum absolute atomic E-state index is 0.0565. The summed E-state index contributed by atoms with van der Waals surface area (Å²) < 4.78 is 6.60. The van der Waals surface area contributed by atoms with Crippen molar-refractivity contribution in [2.75, 3.05) is 12.4 Å². The average Bonchev–Trinajstić information content (AvgIpc) is 2.47. The highest BCUT2D eigenvalue weighted by atomic mass is 79.9. The Bertz CT molecular complexity index is 647. The smallest absolute Gasteiger partial charge is 0.292 e. The molecular weight excluding hydrogens is 336 g/mol. The van der Waals surface area contributed by atoms with Gasteiger partial charge in [-0.15, -0.1) is 0 Å². The highest BCUT2D eigenvalue weighted by Gasteiger charge is 2.13. The maximum Gasteiger partial charge on any atom is 0.292 e. The van der Waals surface area contributed by atoms with Gasteiger partial charge in [-0.1, -0.05) is 34.1 Å². The molecule has 0 unspecified atom stereocenters. The first-order chi connectivity index (χ1) is 10.1. The molecule has 0 aliphatic heterocycles. The van der Waals surface area contributed by atoms with E-state index in [1.54, 1.807) is 13.1 Å². The summed E-state index contributed by atoms with van der Waals surface area (Å²) in [5.74, 6) is 0. The number of rotatable bonds is 6. The molecule has 5 nitrogen and oxygen atoms in total. The van der Waals surface area contributed by atoms with E-state index in [0.29, 0.717) is 18.9 Å². The zero-order chi connectivity index (χ0) is 15.2. The summed E-state index contributed by atoms with van der Waals surface area (Å²) in [5.41, 5.74) is 2.37. The number of nitro groups is 1. The standard InChI is InChI=1S/C15H15BrN2O3/c1-17-14-6-5-12(8-15(14)18(19)20)10-21-9-11-3-2-4-13(16)7-11/h2-8,17H,9-10H2,1H3. The topological polar surface area (TPSA) is 64.4 Å². The number of nitrogens with one attached hydrogen (secondary N) is 1. The molecular formula is C15H15BrN2O3. The third kappa shape index (κ3) is 4.27. The van der Waals surface area contributed by atoms with Crippen LogP contribution >= 0.6 is 15.9 Å². The molecule has 0 amide bonds. The fourth-order valence-electron chi connectivity index (χ4n) is 1.94. The summed E-state index contributed by atoms with van der Waals surface area (Å²) in [4.78, 5) is 10.6. The van der Waals surface area contributed by atoms with Gasteiger partial charge in [-0.2, -0.15) is 0 Å². The molecule has 6 heteroatoms. The van der Waals surface area contributed by atoms with Gasteiger partial charge in [0.1, 0.15) is 5.69 Å². The highest BCUT2D eigenvalue weighted by molar-refractivity contribution is 9.10. The molecule has 0 saturated heterocycles. The van der Waals surface area contributed by atoms with Crippen molar-refractivity contribution in [2.45, 2.75) is 13.2 Å². The minimum Gasteiger partial charge on any atom is -0.383 e. The van der Waals surface area contributed by atoms with Gasteiger partial charge in [0.25, 0.3) is 5.69 Å². The van der Waals surface area contributed by atoms with Crippen molar-refractivity contribution in [1.29, 1.82) is 0 Å². The van der Waals surface area contributed by atoms with Crippen molar-refractivity contribution < 1.29 is 9.66 Å². The minimum atomic E-state index is -0.399. The molecule has 2 aromatic rings. The van der Waals surface area contributed by atoms with Crippen LogP contribution in [0.5, 0.6) is 0 Å². The van der Waals surface area contributed by atoms with Crippen molar-refractivity contribution in [1.82, 2.24) is 0 Å². The zero-order valence-corrected chi connectivity index (χ0v) is 13.1. The van der Waals surface area contributed by atoms with E-state index < -0.39 is 4.92 Å². The van der Waals surface area contributed by atoms with Crippen LogP contribution in [-0.2, 0) is 18.0 Å². The SMILES string of the molecule is CNc1ccc(COCc2cccc(Br)c2)cc1[N+](=O)[O-]. The first kappa shape index (κ1) is 15.5. The zero-order valence-electron chi connectivity index (χ0n) is 11.5. The van der Waals surface area contributed by atoms with E-state index in [9.17, 15) is 10.1 Å². The van der Waals surface area contributed by atoms with E-state index in [1.807, 2.05) is 30.3 Å². The fraction of sp³-hybridized carbons (Fsp3) is 0.200. The third-order valence-electron chi connectivity index (χ3n) is 2.95. The molecule has 2 aromatic carbocycles. The largest absolute Gasteiger partial charge is 0.383 e. The molecule has 0 spiro atoms. The molecule has 110 valence electrons. The summed E-state index contributed by atoms with van der Waals surface area (Å²) in [7, 11) is 1.66. The monoisotopic (exact) mass is 350 g/mol. The number of halogens is 1. The van der Waals surface area contributed by atoms with Gasteiger partial charge in [-0.25, -0.2) is 0 Å². The number of benzene rings is 2. The summed E-state index contributed by atoms with van der Waals surface area (Å²) in [6.45, 7) is 0.790. The maximum atomic E-state index is 11.0. The van der Waals surface area contributed by atoms with Gasteiger partial charge in [0.2, 0.25) is 0 Å². The molecule has 0 bridgehead atoms. The summed E-state index contributed by atoms with van der Waals surface area (Å²) in [5, 5.41) is 13.8. The normalized spacial score (nSPS) is 10.4. The van der Waals surface area contributed by atoms with Gasteiger partial charge in [-0.05, 0) is 29.3 Å². The lowest BCUT2D eigenvalue weighted by Gasteiger charge is -2.07. The van der Waals surface area contributed by atoms with Crippen molar-refractivity contribution in [3.05, 3.63) is 68.2 Å². The summed E-state index contributed by atoms with van der Waals surface area (Å²) >= 11 is 3.40. The first-order valence-corrected chi connectivity index (χ1v) is 7.16. The van der Waals surface area contributed by atoms with E-state index in [1.165, 1.54) is 6.07 Å². The molecule has 0 atom stereocenters. The second-order valence-electron chi connectivity index (χ2n) is 4.48. The van der Waals surface area contributed by atoms with E-state index >= 15 is 0 Å². The second-order valence-corrected chi connectivity index (χ2v) is 5.40. The molecule has 0 saturated carbocycles. The number of hydrogen-bond acceptors (Lipinski definition) is 4. The van der Waals surface area contributed by atoms with E-state index in [2.05, 4.69) is 21.2 Å². The van der Waals surface area contributed by atoms with Crippen molar-refractivity contribution in [2.24, 2.45) is 0 Å². The Morgan fingerprint density at radius 2 is 1.90 bits per heavy atom. The van der Waals surface area contributed by atoms with Crippen LogP contribution in [0, 0.1) is 10.1 Å². The van der Waals surface area contributed by atoms with Crippen LogP contribution < -0.4 is 5.32 Å². The molecule has 2 rings (SSSR count). The second kappa shape index (κ2) is 7.19. The summed E-state index contributed by atoms with van der Waals surface area (Å²) in [6, 6.07) is 12.9. The molecule has 0 radical (unpaired) electrons. The Labute approximate surface area is 131 Å². The predicted octanol–water partition coefficient (Wildman–Crippen LogP) is 4.12. The van der Waals surface area contributed by atoms with Gasteiger partial charge in [-0.3, -0.25) is 10.1 Å². The number of hydrogen-bond donors (Lipinski definition) is 1. The van der Waals surface area contributed by atoms with Crippen molar-refractivity contribution in [3.63, 3.8) is 0 Å². The fourth-order valence-corrected chi connectivity index (χ4v) is 2.39. The number of nitrogens with zero attached hydrogens (tertiary/aromatic N) is 1. The lowest BCUT2D eigenvalue weighted by molar-refractivity contribution is -0.384. The Balaban J connectivity index is 2.00. The van der Waals surface area contributed by atoms with E-state index in [4.69, 9.17) is 4.74 Å². The predicted molar refractivity (Wildman–Crippen MR) is 85.3 cm³/mol. The number of nitro benzene ring substituents is 1. The lowest BCUT2D eigenvalue weighted by Crippen LogP contribution is -1.99. The van der Waals surface area contributed by atoms with Gasteiger partial charge in [0, 0.05) is 17.6 Å². The van der Waals surface area contributed by atoms with Gasteiger partial charge in [0.15, 0.2) is 0 Å². The Morgan fingerprint density at radius 1 is 1.19 bits per heavy atom. The molecule has 21 heavy (non-hydrogen) atoms. The van der Waals surface area contributed by atoms with Gasteiger partial charge < -0.3 is 10.1 Å². The molecule has 1 N–H and O–H groups in total. The van der Waals surface area contributed by atoms with E-state index in [0.717, 1.165) is 15.6 Å². The summed E-state index contributed by atoms with van der Waals surface area (Å²) in [6.07, 6.45) is 0. The van der Waals surface area contributed by atoms with Crippen LogP contribution in [0.1, 0.15) is 11.1 Å². The Morgan fingerprint density at radius 3 is 2.52 bits per heavy atom. The van der Waals surface area contributed by atoms with Crippen LogP contribution in [0.3, 0.4) is 0 Å². The third-order valence-corrected chi connectivity index (χ3v) is 3.45. The first-order valence-electron chi connectivity index (χ1n) is 6.37. The Hall–Kier alpha value is -1.92. The van der Waals surface area contributed by atoms with Crippen LogP contribution in [0.15, 0.2) is 46.9 Å². The molecule has 0 aromatic heterocycles. The van der Waals surface area contributed by atoms with Gasteiger partial charge in [0.05, 0.1) is 18.1 Å². The van der Waals surface area contributed by atoms with Crippen molar-refractivity contribution in [3.8, 4) is 0 Å². The average molecular weight is 351 g/mol. The molecule has 0 heterocycles. The van der Waals surface area contributed by atoms with Crippen LogP contribution in [0.2, 0.25) is 0 Å². The highest BCUT2D eigenvalue weighted by Crippen LogP contribution is 2.25. The molecule has 0 aliphatic carbocycles. The number of ether oxygens (including phenoxy) is 1. The molecule has 0 fully saturated rings. The lowest BCUT2D eigenvalue weighted by atomic mass is 10.2.